The van der Waals surface area contributed by atoms with Crippen molar-refractivity contribution in [3.05, 3.63) is 14.1 Å². The van der Waals surface area contributed by atoms with Gasteiger partial charge in [0.05, 0.1) is 5.88 Å². The Morgan fingerprint density at radius 1 is 1.88 bits per heavy atom. The van der Waals surface area contributed by atoms with E-state index in [1.807, 2.05) is 5.38 Å². The highest BCUT2D eigenvalue weighted by Crippen LogP contribution is 2.12. The maximum absolute atomic E-state index is 5.48. The zero-order chi connectivity index (χ0) is 5.98. The van der Waals surface area contributed by atoms with Gasteiger partial charge in [0.1, 0.15) is 8.71 Å². The summed E-state index contributed by atoms with van der Waals surface area (Å²) in [6.07, 6.45) is 0. The van der Waals surface area contributed by atoms with Gasteiger partial charge in [0.25, 0.3) is 0 Å². The maximum Gasteiger partial charge on any atom is 0.112 e. The first-order valence-corrected chi connectivity index (χ1v) is 4.48. The number of thiazole rings is 1. The Morgan fingerprint density at radius 2 is 2.62 bits per heavy atom. The second-order valence-corrected chi connectivity index (χ2v) is 3.51. The van der Waals surface area contributed by atoms with Gasteiger partial charge in [-0.05, 0) is 22.6 Å². The molecule has 0 atom stereocenters. The molecule has 44 valence electrons. The fourth-order valence-corrected chi connectivity index (χ4v) is 1.93. The summed E-state index contributed by atoms with van der Waals surface area (Å²) in [6, 6.07) is 0. The smallest absolute Gasteiger partial charge is 0.112 e. The summed E-state index contributed by atoms with van der Waals surface area (Å²) in [5, 5.41) is 2.98. The number of hydrogen-bond acceptors (Lipinski definition) is 2. The van der Waals surface area contributed by atoms with Crippen LogP contribution in [0, 0.1) is 3.70 Å². The molecule has 4 heteroatoms. The number of nitrogens with zero attached hydrogens (tertiary/aromatic N) is 1. The molecule has 1 heterocycles. The molecule has 0 saturated heterocycles. The van der Waals surface area contributed by atoms with E-state index in [1.54, 1.807) is 11.3 Å². The Kier molecular flexibility index (Phi) is 2.52. The Hall–Kier alpha value is 0.650. The molecule has 0 saturated carbocycles. The number of rotatable bonds is 1. The molecule has 0 radical (unpaired) electrons. The molecule has 0 aliphatic rings. The molecule has 1 aromatic heterocycles. The molecular weight excluding hydrogens is 256 g/mol. The largest absolute Gasteiger partial charge is 0.234 e. The lowest BCUT2D eigenvalue weighted by molar-refractivity contribution is 1.23. The summed E-state index contributed by atoms with van der Waals surface area (Å²) >= 11 is 9.25. The van der Waals surface area contributed by atoms with Crippen molar-refractivity contribution in [2.75, 3.05) is 0 Å². The molecule has 0 unspecified atom stereocenters. The van der Waals surface area contributed by atoms with Gasteiger partial charge in [0.15, 0.2) is 0 Å². The third-order valence-corrected chi connectivity index (χ3v) is 2.87. The van der Waals surface area contributed by atoms with Crippen molar-refractivity contribution in [1.82, 2.24) is 4.98 Å². The van der Waals surface area contributed by atoms with Gasteiger partial charge in [-0.1, -0.05) is 0 Å². The van der Waals surface area contributed by atoms with E-state index < -0.39 is 0 Å². The van der Waals surface area contributed by atoms with E-state index >= 15 is 0 Å². The van der Waals surface area contributed by atoms with E-state index in [0.717, 1.165) is 8.71 Å². The van der Waals surface area contributed by atoms with Crippen molar-refractivity contribution in [2.24, 2.45) is 0 Å². The second kappa shape index (κ2) is 2.98. The minimum absolute atomic E-state index is 0.535. The molecule has 0 N–H and O–H groups in total. The average Bonchev–Trinajstić information content (AvgIpc) is 2.14. The third kappa shape index (κ3) is 1.56. The van der Waals surface area contributed by atoms with Gasteiger partial charge in [0, 0.05) is 5.38 Å². The van der Waals surface area contributed by atoms with Crippen molar-refractivity contribution >= 4 is 45.5 Å². The molecule has 0 spiro atoms. The van der Waals surface area contributed by atoms with E-state index in [9.17, 15) is 0 Å². The summed E-state index contributed by atoms with van der Waals surface area (Å²) in [5.74, 6) is 0.535. The first kappa shape index (κ1) is 6.77. The molecular formula is C4H3ClINS. The number of hydrogen-bond donors (Lipinski definition) is 0. The molecule has 1 aromatic rings. The van der Waals surface area contributed by atoms with Gasteiger partial charge < -0.3 is 0 Å². The Morgan fingerprint density at radius 3 is 2.88 bits per heavy atom. The molecule has 1 rings (SSSR count). The summed E-state index contributed by atoms with van der Waals surface area (Å²) in [7, 11) is 0. The highest BCUT2D eigenvalue weighted by Gasteiger charge is 1.93. The van der Waals surface area contributed by atoms with Crippen molar-refractivity contribution in [3.8, 4) is 0 Å². The van der Waals surface area contributed by atoms with Gasteiger partial charge in [-0.15, -0.1) is 22.9 Å². The summed E-state index contributed by atoms with van der Waals surface area (Å²) < 4.78 is 1.03. The summed E-state index contributed by atoms with van der Waals surface area (Å²) in [6.45, 7) is 0. The molecule has 0 fully saturated rings. The Bertz CT molecular complexity index is 176. The normalized spacial score (nSPS) is 9.75. The molecule has 8 heavy (non-hydrogen) atoms. The minimum atomic E-state index is 0.535. The van der Waals surface area contributed by atoms with Crippen LogP contribution in [0.3, 0.4) is 0 Å². The van der Waals surface area contributed by atoms with E-state index in [-0.39, 0.29) is 0 Å². The van der Waals surface area contributed by atoms with Crippen LogP contribution in [-0.4, -0.2) is 4.98 Å². The molecule has 0 bridgehead atoms. The van der Waals surface area contributed by atoms with Crippen molar-refractivity contribution < 1.29 is 0 Å². The standard InChI is InChI=1S/C4H3ClINS/c5-1-4-7-3(6)2-8-4/h2H,1H2. The molecule has 0 aliphatic carbocycles. The van der Waals surface area contributed by atoms with Crippen LogP contribution in [0.25, 0.3) is 0 Å². The fraction of sp³-hybridized carbons (Fsp3) is 0.250. The summed E-state index contributed by atoms with van der Waals surface area (Å²) in [4.78, 5) is 4.10. The number of halogens is 2. The fourth-order valence-electron chi connectivity index (χ4n) is 0.350. The van der Waals surface area contributed by atoms with E-state index in [4.69, 9.17) is 11.6 Å². The van der Waals surface area contributed by atoms with Gasteiger partial charge >= 0.3 is 0 Å². The maximum atomic E-state index is 5.48. The number of alkyl halides is 1. The van der Waals surface area contributed by atoms with Crippen LogP contribution >= 0.6 is 45.5 Å². The SMILES string of the molecule is ClCc1nc(I)cs1. The van der Waals surface area contributed by atoms with Crippen LogP contribution < -0.4 is 0 Å². The van der Waals surface area contributed by atoms with E-state index in [1.165, 1.54) is 0 Å². The van der Waals surface area contributed by atoms with Crippen molar-refractivity contribution in [2.45, 2.75) is 5.88 Å². The lowest BCUT2D eigenvalue weighted by Crippen LogP contribution is -1.72. The van der Waals surface area contributed by atoms with Crippen LogP contribution in [0.4, 0.5) is 0 Å². The number of aromatic nitrogens is 1. The quantitative estimate of drug-likeness (QED) is 0.558. The lowest BCUT2D eigenvalue weighted by Gasteiger charge is -1.76. The van der Waals surface area contributed by atoms with E-state index in [0.29, 0.717) is 5.88 Å². The van der Waals surface area contributed by atoms with Gasteiger partial charge in [-0.25, -0.2) is 4.98 Å². The first-order chi connectivity index (χ1) is 3.83. The first-order valence-electron chi connectivity index (χ1n) is 1.99. The van der Waals surface area contributed by atoms with Crippen LogP contribution in [-0.2, 0) is 5.88 Å². The Labute approximate surface area is 70.2 Å². The van der Waals surface area contributed by atoms with Gasteiger partial charge in [-0.2, -0.15) is 0 Å². The van der Waals surface area contributed by atoms with Crippen LogP contribution in [0.15, 0.2) is 5.38 Å². The molecule has 0 amide bonds. The average molecular weight is 259 g/mol. The van der Waals surface area contributed by atoms with Crippen molar-refractivity contribution in [1.29, 1.82) is 0 Å². The summed E-state index contributed by atoms with van der Waals surface area (Å²) in [5.41, 5.74) is 0. The van der Waals surface area contributed by atoms with Gasteiger partial charge in [0.2, 0.25) is 0 Å². The Balaban J connectivity index is 2.84. The van der Waals surface area contributed by atoms with E-state index in [2.05, 4.69) is 27.6 Å². The molecule has 0 aliphatic heterocycles. The van der Waals surface area contributed by atoms with Crippen LogP contribution in [0.5, 0.6) is 0 Å². The lowest BCUT2D eigenvalue weighted by atomic mass is 10.8. The molecule has 1 nitrogen and oxygen atoms in total. The monoisotopic (exact) mass is 259 g/mol. The predicted molar refractivity (Wildman–Crippen MR) is 44.4 cm³/mol. The zero-order valence-electron chi connectivity index (χ0n) is 3.90. The second-order valence-electron chi connectivity index (χ2n) is 1.20. The van der Waals surface area contributed by atoms with Crippen LogP contribution in [0.2, 0.25) is 0 Å². The molecule has 0 aromatic carbocycles. The van der Waals surface area contributed by atoms with Crippen molar-refractivity contribution in [3.63, 3.8) is 0 Å². The highest BCUT2D eigenvalue weighted by atomic mass is 127. The highest BCUT2D eigenvalue weighted by molar-refractivity contribution is 14.1. The van der Waals surface area contributed by atoms with Gasteiger partial charge in [-0.3, -0.25) is 0 Å². The van der Waals surface area contributed by atoms with Crippen LogP contribution in [0.1, 0.15) is 5.01 Å². The third-order valence-electron chi connectivity index (χ3n) is 0.638. The predicted octanol–water partition coefficient (Wildman–Crippen LogP) is 2.49. The minimum Gasteiger partial charge on any atom is -0.234 e. The zero-order valence-corrected chi connectivity index (χ0v) is 7.63. The topological polar surface area (TPSA) is 12.9 Å².